The second-order valence-electron chi connectivity index (χ2n) is 6.42. The van der Waals surface area contributed by atoms with Gasteiger partial charge in [-0.15, -0.1) is 11.8 Å². The molecule has 23 heavy (non-hydrogen) atoms. The highest BCUT2D eigenvalue weighted by molar-refractivity contribution is 7.98. The Balaban J connectivity index is 1.73. The van der Waals surface area contributed by atoms with Gasteiger partial charge in [0.2, 0.25) is 0 Å². The Labute approximate surface area is 141 Å². The van der Waals surface area contributed by atoms with Gasteiger partial charge in [0.05, 0.1) is 5.54 Å². The summed E-state index contributed by atoms with van der Waals surface area (Å²) in [5, 5.41) is 2.91. The normalized spacial score (nSPS) is 20.0. The van der Waals surface area contributed by atoms with Crippen molar-refractivity contribution in [3.05, 3.63) is 29.3 Å². The molecule has 0 radical (unpaired) electrons. The summed E-state index contributed by atoms with van der Waals surface area (Å²) >= 11 is 1.65. The highest BCUT2D eigenvalue weighted by Crippen LogP contribution is 2.32. The van der Waals surface area contributed by atoms with Crippen LogP contribution in [0.1, 0.15) is 28.8 Å². The number of likely N-dealkylation sites (N-methyl/N-ethyl adjacent to an activating group) is 1. The fourth-order valence-electron chi connectivity index (χ4n) is 3.46. The Bertz CT molecular complexity index is 639. The lowest BCUT2D eigenvalue weighted by Crippen LogP contribution is -2.54. The Hall–Kier alpha value is -1.69. The summed E-state index contributed by atoms with van der Waals surface area (Å²) in [6.07, 6.45) is 3.67. The van der Waals surface area contributed by atoms with Crippen LogP contribution in [-0.4, -0.2) is 60.2 Å². The lowest BCUT2D eigenvalue weighted by atomic mass is 9.87. The van der Waals surface area contributed by atoms with Crippen molar-refractivity contribution in [1.29, 1.82) is 0 Å². The standard InChI is InChI=1S/C17H23N3O2S/c1-12-4-5-13(23-3)10-14(12)15(21)20-8-6-17(7-9-20)11-18-16(22)19(17)2/h4-5,10H,6-9,11H2,1-3H3,(H,18,22). The van der Waals surface area contributed by atoms with Crippen molar-refractivity contribution in [3.8, 4) is 0 Å². The third-order valence-corrected chi connectivity index (χ3v) is 5.97. The third kappa shape index (κ3) is 2.80. The molecule has 2 heterocycles. The number of rotatable bonds is 2. The quantitative estimate of drug-likeness (QED) is 0.845. The van der Waals surface area contributed by atoms with Crippen LogP contribution in [0.15, 0.2) is 23.1 Å². The molecule has 6 heteroatoms. The van der Waals surface area contributed by atoms with Gasteiger partial charge < -0.3 is 15.1 Å². The summed E-state index contributed by atoms with van der Waals surface area (Å²) in [6.45, 7) is 4.06. The third-order valence-electron chi connectivity index (χ3n) is 5.24. The van der Waals surface area contributed by atoms with E-state index in [0.29, 0.717) is 19.6 Å². The first-order chi connectivity index (χ1) is 11.0. The SMILES string of the molecule is CSc1ccc(C)c(C(=O)N2CCC3(CC2)CNC(=O)N3C)c1. The van der Waals surface area contributed by atoms with Gasteiger partial charge in [-0.05, 0) is 43.7 Å². The van der Waals surface area contributed by atoms with Crippen LogP contribution in [-0.2, 0) is 0 Å². The van der Waals surface area contributed by atoms with Crippen LogP contribution in [0, 0.1) is 6.92 Å². The molecule has 0 aliphatic carbocycles. The molecule has 2 fully saturated rings. The molecule has 0 bridgehead atoms. The number of hydrogen-bond donors (Lipinski definition) is 1. The molecule has 1 aromatic rings. The predicted octanol–water partition coefficient (Wildman–Crippen LogP) is 2.35. The maximum Gasteiger partial charge on any atom is 0.317 e. The van der Waals surface area contributed by atoms with Gasteiger partial charge >= 0.3 is 6.03 Å². The van der Waals surface area contributed by atoms with Gasteiger partial charge in [-0.3, -0.25) is 4.79 Å². The van der Waals surface area contributed by atoms with Crippen molar-refractivity contribution in [2.45, 2.75) is 30.2 Å². The second kappa shape index (κ2) is 6.07. The van der Waals surface area contributed by atoms with Crippen molar-refractivity contribution < 1.29 is 9.59 Å². The number of piperidine rings is 1. The number of carbonyl (C=O) groups excluding carboxylic acids is 2. The highest BCUT2D eigenvalue weighted by atomic mass is 32.2. The number of likely N-dealkylation sites (tertiary alicyclic amines) is 1. The first-order valence-corrected chi connectivity index (χ1v) is 9.15. The lowest BCUT2D eigenvalue weighted by Gasteiger charge is -2.42. The van der Waals surface area contributed by atoms with E-state index in [1.54, 1.807) is 11.8 Å². The molecule has 0 aromatic heterocycles. The molecule has 0 atom stereocenters. The summed E-state index contributed by atoms with van der Waals surface area (Å²) in [4.78, 5) is 29.4. The minimum atomic E-state index is -0.121. The Morgan fingerprint density at radius 2 is 2.00 bits per heavy atom. The van der Waals surface area contributed by atoms with Crippen LogP contribution in [0.2, 0.25) is 0 Å². The number of aryl methyl sites for hydroxylation is 1. The van der Waals surface area contributed by atoms with Crippen molar-refractivity contribution >= 4 is 23.7 Å². The molecule has 1 spiro atoms. The number of urea groups is 1. The van der Waals surface area contributed by atoms with Gasteiger partial charge in [0.15, 0.2) is 0 Å². The molecule has 3 amide bonds. The fraction of sp³-hybridized carbons (Fsp3) is 0.529. The minimum absolute atomic E-state index is 0.00621. The highest BCUT2D eigenvalue weighted by Gasteiger charge is 2.45. The minimum Gasteiger partial charge on any atom is -0.338 e. The van der Waals surface area contributed by atoms with Crippen LogP contribution >= 0.6 is 11.8 Å². The number of hydrogen-bond acceptors (Lipinski definition) is 3. The second-order valence-corrected chi connectivity index (χ2v) is 7.29. The van der Waals surface area contributed by atoms with E-state index in [1.807, 2.05) is 48.2 Å². The molecule has 2 aliphatic rings. The maximum absolute atomic E-state index is 12.9. The van der Waals surface area contributed by atoms with E-state index in [1.165, 1.54) is 0 Å². The molecule has 5 nitrogen and oxygen atoms in total. The van der Waals surface area contributed by atoms with E-state index in [4.69, 9.17) is 0 Å². The van der Waals surface area contributed by atoms with E-state index in [0.717, 1.165) is 28.9 Å². The van der Waals surface area contributed by atoms with E-state index in [2.05, 4.69) is 5.32 Å². The number of benzene rings is 1. The van der Waals surface area contributed by atoms with Crippen LogP contribution in [0.3, 0.4) is 0 Å². The van der Waals surface area contributed by atoms with Crippen LogP contribution < -0.4 is 5.32 Å². The molecule has 0 saturated carbocycles. The zero-order valence-electron chi connectivity index (χ0n) is 13.9. The number of nitrogens with one attached hydrogen (secondary N) is 1. The molecule has 0 unspecified atom stereocenters. The zero-order chi connectivity index (χ0) is 16.6. The largest absolute Gasteiger partial charge is 0.338 e. The summed E-state index contributed by atoms with van der Waals surface area (Å²) in [6, 6.07) is 6.04. The lowest BCUT2D eigenvalue weighted by molar-refractivity contribution is 0.0564. The number of thioether (sulfide) groups is 1. The maximum atomic E-state index is 12.9. The topological polar surface area (TPSA) is 52.7 Å². The summed E-state index contributed by atoms with van der Waals surface area (Å²) in [5.74, 6) is 0.105. The zero-order valence-corrected chi connectivity index (χ0v) is 14.7. The molecule has 2 aliphatic heterocycles. The summed E-state index contributed by atoms with van der Waals surface area (Å²) in [7, 11) is 1.85. The van der Waals surface area contributed by atoms with Crippen LogP contribution in [0.4, 0.5) is 4.79 Å². The summed E-state index contributed by atoms with van der Waals surface area (Å²) < 4.78 is 0. The van der Waals surface area contributed by atoms with Crippen molar-refractivity contribution in [1.82, 2.24) is 15.1 Å². The first kappa shape index (κ1) is 16.2. The van der Waals surface area contributed by atoms with Crippen molar-refractivity contribution in [2.24, 2.45) is 0 Å². The van der Waals surface area contributed by atoms with E-state index >= 15 is 0 Å². The van der Waals surface area contributed by atoms with Crippen molar-refractivity contribution in [2.75, 3.05) is 32.9 Å². The molecule has 124 valence electrons. The molecule has 2 saturated heterocycles. The monoisotopic (exact) mass is 333 g/mol. The van der Waals surface area contributed by atoms with Crippen LogP contribution in [0.5, 0.6) is 0 Å². The van der Waals surface area contributed by atoms with Gasteiger partial charge in [-0.2, -0.15) is 0 Å². The van der Waals surface area contributed by atoms with Crippen LogP contribution in [0.25, 0.3) is 0 Å². The average molecular weight is 333 g/mol. The predicted molar refractivity (Wildman–Crippen MR) is 92.0 cm³/mol. The Kier molecular flexibility index (Phi) is 4.27. The average Bonchev–Trinajstić information content (AvgIpc) is 2.84. The number of amides is 3. The molecule has 1 N–H and O–H groups in total. The van der Waals surface area contributed by atoms with Gasteiger partial charge in [0, 0.05) is 37.1 Å². The van der Waals surface area contributed by atoms with Gasteiger partial charge in [-0.1, -0.05) is 6.07 Å². The smallest absolute Gasteiger partial charge is 0.317 e. The molecular weight excluding hydrogens is 310 g/mol. The number of nitrogens with zero attached hydrogens (tertiary/aromatic N) is 2. The summed E-state index contributed by atoms with van der Waals surface area (Å²) in [5.41, 5.74) is 1.69. The van der Waals surface area contributed by atoms with Gasteiger partial charge in [0.1, 0.15) is 0 Å². The van der Waals surface area contributed by atoms with E-state index in [9.17, 15) is 9.59 Å². The Morgan fingerprint density at radius 1 is 1.30 bits per heavy atom. The van der Waals surface area contributed by atoms with Crippen molar-refractivity contribution in [3.63, 3.8) is 0 Å². The first-order valence-electron chi connectivity index (χ1n) is 7.92. The fourth-order valence-corrected chi connectivity index (χ4v) is 3.90. The van der Waals surface area contributed by atoms with E-state index in [-0.39, 0.29) is 17.5 Å². The number of carbonyl (C=O) groups is 2. The van der Waals surface area contributed by atoms with E-state index < -0.39 is 0 Å². The molecular formula is C17H23N3O2S. The van der Waals surface area contributed by atoms with Gasteiger partial charge in [-0.25, -0.2) is 4.79 Å². The molecule has 1 aromatic carbocycles. The van der Waals surface area contributed by atoms with Gasteiger partial charge in [0.25, 0.3) is 5.91 Å². The Morgan fingerprint density at radius 3 is 2.57 bits per heavy atom. The molecule has 3 rings (SSSR count).